The molecule has 1 aromatic carbocycles. The molecule has 1 atom stereocenters. The van der Waals surface area contributed by atoms with E-state index in [1.807, 2.05) is 0 Å². The van der Waals surface area contributed by atoms with E-state index in [1.165, 1.54) is 12.1 Å². The molecule has 0 aliphatic rings. The van der Waals surface area contributed by atoms with Gasteiger partial charge in [0.1, 0.15) is 11.3 Å². The average Bonchev–Trinajstić information content (AvgIpc) is 2.76. The number of hydrogen-bond donors (Lipinski definition) is 1. The third-order valence-corrected chi connectivity index (χ3v) is 3.31. The van der Waals surface area contributed by atoms with Crippen LogP contribution in [0, 0.1) is 11.7 Å². The van der Waals surface area contributed by atoms with E-state index < -0.39 is 0 Å². The molecule has 2 aromatic rings. The molecule has 2 N–H and O–H groups in total. The zero-order valence-electron chi connectivity index (χ0n) is 10.7. The molecule has 0 radical (unpaired) electrons. The molecule has 98 valence electrons. The molecule has 0 aliphatic heterocycles. The summed E-state index contributed by atoms with van der Waals surface area (Å²) in [6.45, 7) is 2.89. The molecule has 0 saturated heterocycles. The van der Waals surface area contributed by atoms with Gasteiger partial charge < -0.3 is 10.2 Å². The first-order valence-electron chi connectivity index (χ1n) is 6.48. The lowest BCUT2D eigenvalue weighted by molar-refractivity contribution is 0.414. The van der Waals surface area contributed by atoms with Crippen LogP contribution in [0.2, 0.25) is 0 Å². The Morgan fingerprint density at radius 1 is 1.39 bits per heavy atom. The van der Waals surface area contributed by atoms with Crippen molar-refractivity contribution in [1.82, 2.24) is 4.98 Å². The fourth-order valence-electron chi connectivity index (χ4n) is 2.17. The lowest BCUT2D eigenvalue weighted by Gasteiger charge is -2.11. The van der Waals surface area contributed by atoms with Crippen LogP contribution in [0.3, 0.4) is 0 Å². The van der Waals surface area contributed by atoms with Crippen molar-refractivity contribution in [2.24, 2.45) is 11.7 Å². The van der Waals surface area contributed by atoms with Gasteiger partial charge in [0.2, 0.25) is 0 Å². The fourth-order valence-corrected chi connectivity index (χ4v) is 2.17. The second-order valence-electron chi connectivity index (χ2n) is 4.61. The maximum absolute atomic E-state index is 13.0. The molecule has 0 fully saturated rings. The van der Waals surface area contributed by atoms with Gasteiger partial charge in [0.15, 0.2) is 11.5 Å². The van der Waals surface area contributed by atoms with Crippen LogP contribution >= 0.6 is 0 Å². The Morgan fingerprint density at radius 3 is 2.94 bits per heavy atom. The van der Waals surface area contributed by atoms with Crippen molar-refractivity contribution in [3.8, 4) is 0 Å². The highest BCUT2D eigenvalue weighted by Crippen LogP contribution is 2.20. The fraction of sp³-hybridized carbons (Fsp3) is 0.500. The Morgan fingerprint density at radius 2 is 2.22 bits per heavy atom. The molecule has 0 amide bonds. The molecule has 1 aromatic heterocycles. The molecule has 0 bridgehead atoms. The Balaban J connectivity index is 2.03. The minimum atomic E-state index is -0.292. The van der Waals surface area contributed by atoms with E-state index in [-0.39, 0.29) is 5.82 Å². The number of fused-ring (bicyclic) bond motifs is 1. The predicted octanol–water partition coefficient (Wildman–Crippen LogP) is 3.27. The normalized spacial score (nSPS) is 13.1. The molecule has 1 heterocycles. The quantitative estimate of drug-likeness (QED) is 0.856. The van der Waals surface area contributed by atoms with Gasteiger partial charge in [-0.25, -0.2) is 9.37 Å². The van der Waals surface area contributed by atoms with Crippen molar-refractivity contribution >= 4 is 11.1 Å². The van der Waals surface area contributed by atoms with Crippen LogP contribution < -0.4 is 5.73 Å². The lowest BCUT2D eigenvalue weighted by atomic mass is 9.97. The van der Waals surface area contributed by atoms with Crippen molar-refractivity contribution in [1.29, 1.82) is 0 Å². The van der Waals surface area contributed by atoms with Crippen molar-refractivity contribution in [2.45, 2.75) is 32.6 Å². The second-order valence-corrected chi connectivity index (χ2v) is 4.61. The highest BCUT2D eigenvalue weighted by atomic mass is 19.1. The summed E-state index contributed by atoms with van der Waals surface area (Å²) in [5.41, 5.74) is 6.82. The first-order chi connectivity index (χ1) is 8.72. The largest absolute Gasteiger partial charge is 0.441 e. The van der Waals surface area contributed by atoms with Crippen LogP contribution in [0.4, 0.5) is 4.39 Å². The number of benzene rings is 1. The van der Waals surface area contributed by atoms with Crippen LogP contribution in [0.5, 0.6) is 0 Å². The van der Waals surface area contributed by atoms with E-state index in [0.717, 1.165) is 37.7 Å². The van der Waals surface area contributed by atoms with Crippen molar-refractivity contribution in [2.75, 3.05) is 6.54 Å². The summed E-state index contributed by atoms with van der Waals surface area (Å²) in [5, 5.41) is 0. The van der Waals surface area contributed by atoms with Gasteiger partial charge >= 0.3 is 0 Å². The number of halogens is 1. The van der Waals surface area contributed by atoms with Crippen LogP contribution in [0.1, 0.15) is 32.1 Å². The van der Waals surface area contributed by atoms with Crippen LogP contribution in [-0.2, 0) is 6.42 Å². The Bertz CT molecular complexity index is 509. The Labute approximate surface area is 106 Å². The number of aromatic nitrogens is 1. The molecule has 0 aliphatic carbocycles. The molecule has 2 rings (SSSR count). The monoisotopic (exact) mass is 250 g/mol. The molecule has 0 saturated carbocycles. The number of aryl methyl sites for hydroxylation is 1. The van der Waals surface area contributed by atoms with E-state index in [2.05, 4.69) is 11.9 Å². The van der Waals surface area contributed by atoms with Gasteiger partial charge in [-0.15, -0.1) is 0 Å². The topological polar surface area (TPSA) is 52.0 Å². The molecule has 0 spiro atoms. The van der Waals surface area contributed by atoms with Gasteiger partial charge in [0.05, 0.1) is 0 Å². The third kappa shape index (κ3) is 3.07. The Hall–Kier alpha value is -1.42. The number of nitrogens with zero attached hydrogens (tertiary/aromatic N) is 1. The van der Waals surface area contributed by atoms with Gasteiger partial charge in [-0.05, 0) is 37.4 Å². The number of oxazole rings is 1. The first kappa shape index (κ1) is 13.0. The summed E-state index contributed by atoms with van der Waals surface area (Å²) >= 11 is 0. The molecule has 4 heteroatoms. The molecular weight excluding hydrogens is 231 g/mol. The SMILES string of the molecule is CCC(CCN)CCc1nc2ccc(F)cc2o1. The van der Waals surface area contributed by atoms with Crippen molar-refractivity contribution in [3.63, 3.8) is 0 Å². The van der Waals surface area contributed by atoms with Gasteiger partial charge in [-0.1, -0.05) is 13.3 Å². The zero-order valence-corrected chi connectivity index (χ0v) is 10.7. The second kappa shape index (κ2) is 5.96. The highest BCUT2D eigenvalue weighted by molar-refractivity contribution is 5.72. The van der Waals surface area contributed by atoms with Crippen LogP contribution in [0.25, 0.3) is 11.1 Å². The number of rotatable bonds is 6. The summed E-state index contributed by atoms with van der Waals surface area (Å²) in [4.78, 5) is 4.36. The van der Waals surface area contributed by atoms with E-state index in [1.54, 1.807) is 6.07 Å². The van der Waals surface area contributed by atoms with Crippen LogP contribution in [0.15, 0.2) is 22.6 Å². The van der Waals surface area contributed by atoms with Gasteiger partial charge in [0.25, 0.3) is 0 Å². The maximum Gasteiger partial charge on any atom is 0.195 e. The molecular formula is C14H19FN2O. The zero-order chi connectivity index (χ0) is 13.0. The highest BCUT2D eigenvalue weighted by Gasteiger charge is 2.10. The lowest BCUT2D eigenvalue weighted by Crippen LogP contribution is -2.09. The standard InChI is InChI=1S/C14H19FN2O/c1-2-10(7-8-16)3-6-14-17-12-5-4-11(15)9-13(12)18-14/h4-5,9-10H,2-3,6-8,16H2,1H3. The smallest absolute Gasteiger partial charge is 0.195 e. The van der Waals surface area contributed by atoms with E-state index >= 15 is 0 Å². The molecule has 18 heavy (non-hydrogen) atoms. The number of hydrogen-bond acceptors (Lipinski definition) is 3. The summed E-state index contributed by atoms with van der Waals surface area (Å²) in [6, 6.07) is 4.43. The summed E-state index contributed by atoms with van der Waals surface area (Å²) in [5.74, 6) is 1.01. The predicted molar refractivity (Wildman–Crippen MR) is 69.7 cm³/mol. The Kier molecular flexibility index (Phi) is 4.31. The molecule has 3 nitrogen and oxygen atoms in total. The summed E-state index contributed by atoms with van der Waals surface area (Å²) in [7, 11) is 0. The van der Waals surface area contributed by atoms with Crippen molar-refractivity contribution in [3.05, 3.63) is 29.9 Å². The third-order valence-electron chi connectivity index (χ3n) is 3.31. The minimum Gasteiger partial charge on any atom is -0.441 e. The van der Waals surface area contributed by atoms with Gasteiger partial charge in [-0.2, -0.15) is 0 Å². The van der Waals surface area contributed by atoms with Crippen LogP contribution in [-0.4, -0.2) is 11.5 Å². The number of nitrogens with two attached hydrogens (primary N) is 1. The molecule has 1 unspecified atom stereocenters. The van der Waals surface area contributed by atoms with E-state index in [4.69, 9.17) is 10.2 Å². The maximum atomic E-state index is 13.0. The first-order valence-corrected chi connectivity index (χ1v) is 6.48. The van der Waals surface area contributed by atoms with E-state index in [0.29, 0.717) is 17.4 Å². The van der Waals surface area contributed by atoms with E-state index in [9.17, 15) is 4.39 Å². The summed E-state index contributed by atoms with van der Waals surface area (Å²) < 4.78 is 18.6. The average molecular weight is 250 g/mol. The summed E-state index contributed by atoms with van der Waals surface area (Å²) in [6.07, 6.45) is 3.95. The van der Waals surface area contributed by atoms with Gasteiger partial charge in [0, 0.05) is 12.5 Å². The minimum absolute atomic E-state index is 0.292. The van der Waals surface area contributed by atoms with Gasteiger partial charge in [-0.3, -0.25) is 0 Å². The van der Waals surface area contributed by atoms with Crippen molar-refractivity contribution < 1.29 is 8.81 Å².